The normalized spacial score (nSPS) is 43.5. The summed E-state index contributed by atoms with van der Waals surface area (Å²) in [4.78, 5) is 17.9. The Hall–Kier alpha value is -1.71. The second-order valence-corrected chi connectivity index (χ2v) is 12.4. The lowest BCUT2D eigenvalue weighted by molar-refractivity contribution is -0.137. The van der Waals surface area contributed by atoms with E-state index in [1.165, 1.54) is 51.4 Å². The minimum Gasteiger partial charge on any atom is -0.297 e. The van der Waals surface area contributed by atoms with Gasteiger partial charge >= 0.3 is 0 Å². The number of hydrogen-bond donors (Lipinski definition) is 0. The van der Waals surface area contributed by atoms with Gasteiger partial charge in [0.05, 0.1) is 17.9 Å². The molecule has 6 rings (SSSR count). The Morgan fingerprint density at radius 1 is 1.03 bits per heavy atom. The molecule has 8 atom stereocenters. The molecule has 7 unspecified atom stereocenters. The number of hydrogen-bond acceptors (Lipinski definition) is 3. The highest BCUT2D eigenvalue weighted by atomic mass is 16.1. The fourth-order valence-corrected chi connectivity index (χ4v) is 9.30. The van der Waals surface area contributed by atoms with E-state index in [2.05, 4.69) is 30.9 Å². The molecule has 0 amide bonds. The van der Waals surface area contributed by atoms with Crippen LogP contribution in [0.25, 0.3) is 10.9 Å². The van der Waals surface area contributed by atoms with Gasteiger partial charge in [0.1, 0.15) is 6.54 Å². The van der Waals surface area contributed by atoms with Crippen molar-refractivity contribution in [3.05, 3.63) is 24.7 Å². The van der Waals surface area contributed by atoms with Crippen LogP contribution in [0.5, 0.6) is 0 Å². The fourth-order valence-electron chi connectivity index (χ4n) is 9.30. The minimum atomic E-state index is 0.185. The topological polar surface area (TPSA) is 47.8 Å². The van der Waals surface area contributed by atoms with Crippen molar-refractivity contribution < 1.29 is 4.79 Å². The molecule has 0 aromatic carbocycles. The number of Topliss-reactive ketones (excluding diaryl/α,β-unsaturated/α-hetero) is 1. The maximum Gasteiger partial charge on any atom is 0.157 e. The van der Waals surface area contributed by atoms with E-state index in [1.807, 2.05) is 23.1 Å². The molecule has 4 aliphatic carbocycles. The number of ketones is 1. The van der Waals surface area contributed by atoms with Gasteiger partial charge in [0, 0.05) is 17.5 Å². The van der Waals surface area contributed by atoms with Gasteiger partial charge in [-0.15, -0.1) is 0 Å². The summed E-state index contributed by atoms with van der Waals surface area (Å²) in [5.74, 6) is 4.93. The van der Waals surface area contributed by atoms with Gasteiger partial charge in [0.2, 0.25) is 0 Å². The summed E-state index contributed by atoms with van der Waals surface area (Å²) in [6.45, 7) is 7.99. The first-order valence-electron chi connectivity index (χ1n) is 13.2. The van der Waals surface area contributed by atoms with Crippen molar-refractivity contribution in [2.75, 3.05) is 0 Å². The number of aromatic nitrogens is 3. The first-order chi connectivity index (χ1) is 15.4. The van der Waals surface area contributed by atoms with Gasteiger partial charge in [-0.25, -0.2) is 0 Å². The van der Waals surface area contributed by atoms with E-state index in [9.17, 15) is 4.79 Å². The third-order valence-corrected chi connectivity index (χ3v) is 11.1. The third-order valence-electron chi connectivity index (χ3n) is 11.1. The number of carbonyl (C=O) groups is 1. The van der Waals surface area contributed by atoms with Crippen LogP contribution in [0.3, 0.4) is 0 Å². The zero-order chi connectivity index (χ0) is 22.1. The average Bonchev–Trinajstić information content (AvgIpc) is 3.35. The Morgan fingerprint density at radius 2 is 1.84 bits per heavy atom. The molecule has 0 radical (unpaired) electrons. The summed E-state index contributed by atoms with van der Waals surface area (Å²) in [6, 6.07) is 1.97. The van der Waals surface area contributed by atoms with E-state index in [0.717, 1.165) is 46.9 Å². The molecule has 4 nitrogen and oxygen atoms in total. The number of nitrogens with zero attached hydrogens (tertiary/aromatic N) is 3. The second-order valence-electron chi connectivity index (χ2n) is 12.4. The fraction of sp³-hybridized carbons (Fsp3) is 0.750. The highest BCUT2D eigenvalue weighted by molar-refractivity contribution is 5.84. The first-order valence-corrected chi connectivity index (χ1v) is 13.2. The van der Waals surface area contributed by atoms with Crippen molar-refractivity contribution in [1.82, 2.24) is 14.8 Å². The van der Waals surface area contributed by atoms with Crippen molar-refractivity contribution in [2.24, 2.45) is 46.3 Å². The Balaban J connectivity index is 1.22. The molecule has 4 saturated carbocycles. The molecule has 2 aromatic rings. The van der Waals surface area contributed by atoms with E-state index in [4.69, 9.17) is 0 Å². The lowest BCUT2D eigenvalue weighted by atomic mass is 9.44. The van der Waals surface area contributed by atoms with Gasteiger partial charge in [-0.2, -0.15) is 5.10 Å². The summed E-state index contributed by atoms with van der Waals surface area (Å²) >= 11 is 0. The Morgan fingerprint density at radius 3 is 2.72 bits per heavy atom. The highest BCUT2D eigenvalue weighted by Crippen LogP contribution is 2.67. The van der Waals surface area contributed by atoms with Crippen LogP contribution < -0.4 is 0 Å². The first kappa shape index (κ1) is 20.9. The van der Waals surface area contributed by atoms with Gasteiger partial charge in [-0.3, -0.25) is 14.5 Å². The van der Waals surface area contributed by atoms with Crippen LogP contribution in [-0.4, -0.2) is 20.5 Å². The second kappa shape index (κ2) is 7.40. The van der Waals surface area contributed by atoms with E-state index in [0.29, 0.717) is 17.7 Å². The van der Waals surface area contributed by atoms with E-state index in [1.54, 1.807) is 6.20 Å². The van der Waals surface area contributed by atoms with Crippen molar-refractivity contribution in [2.45, 2.75) is 85.1 Å². The monoisotopic (exact) mass is 433 g/mol. The molecule has 2 heterocycles. The van der Waals surface area contributed by atoms with Gasteiger partial charge in [-0.05, 0) is 97.9 Å². The summed E-state index contributed by atoms with van der Waals surface area (Å²) in [7, 11) is 0. The molecule has 0 N–H and O–H groups in total. The summed E-state index contributed by atoms with van der Waals surface area (Å²) in [6.07, 6.45) is 17.6. The molecule has 4 aliphatic rings. The van der Waals surface area contributed by atoms with Crippen LogP contribution in [0.4, 0.5) is 0 Å². The van der Waals surface area contributed by atoms with Crippen molar-refractivity contribution in [3.8, 4) is 0 Å². The lowest BCUT2D eigenvalue weighted by Crippen LogP contribution is -2.53. The molecule has 32 heavy (non-hydrogen) atoms. The predicted molar refractivity (Wildman–Crippen MR) is 127 cm³/mol. The van der Waals surface area contributed by atoms with Crippen LogP contribution in [-0.2, 0) is 11.3 Å². The maximum atomic E-state index is 13.6. The Kier molecular flexibility index (Phi) is 4.82. The number of pyridine rings is 1. The molecule has 4 heteroatoms. The molecular weight excluding hydrogens is 394 g/mol. The molecule has 0 saturated heterocycles. The standard InChI is InChI=1S/C28H39N3O/c1-18-8-11-27(2)20(14-18)4-5-21-22-6-7-24(28(22,3)12-9-23(21)27)26(32)17-31-25-16-29-13-10-19(25)15-30-31/h10,13,15-16,18,20-24H,4-9,11-12,14,17H2,1-3H3/t18?,20?,21?,22?,23?,24?,27?,28-/m0/s1. The van der Waals surface area contributed by atoms with E-state index >= 15 is 0 Å². The van der Waals surface area contributed by atoms with Gasteiger partial charge in [0.25, 0.3) is 0 Å². The molecule has 0 aliphatic heterocycles. The largest absolute Gasteiger partial charge is 0.297 e. The van der Waals surface area contributed by atoms with Crippen LogP contribution in [0.2, 0.25) is 0 Å². The Labute approximate surface area is 192 Å². The maximum absolute atomic E-state index is 13.6. The van der Waals surface area contributed by atoms with Crippen LogP contribution in [0.15, 0.2) is 24.7 Å². The highest BCUT2D eigenvalue weighted by Gasteiger charge is 2.60. The molecule has 4 fully saturated rings. The van der Waals surface area contributed by atoms with Crippen LogP contribution in [0, 0.1) is 46.3 Å². The predicted octanol–water partition coefficient (Wildman–Crippen LogP) is 6.30. The number of carbonyl (C=O) groups excluding carboxylic acids is 1. The summed E-state index contributed by atoms with van der Waals surface area (Å²) in [5, 5.41) is 5.58. The zero-order valence-corrected chi connectivity index (χ0v) is 20.1. The van der Waals surface area contributed by atoms with Crippen LogP contribution >= 0.6 is 0 Å². The molecule has 0 spiro atoms. The van der Waals surface area contributed by atoms with E-state index < -0.39 is 0 Å². The molecule has 0 bridgehead atoms. The lowest BCUT2D eigenvalue weighted by Gasteiger charge is -2.61. The molecule has 172 valence electrons. The average molecular weight is 434 g/mol. The third kappa shape index (κ3) is 2.97. The van der Waals surface area contributed by atoms with Crippen molar-refractivity contribution in [1.29, 1.82) is 0 Å². The minimum absolute atomic E-state index is 0.185. The van der Waals surface area contributed by atoms with E-state index in [-0.39, 0.29) is 11.3 Å². The summed E-state index contributed by atoms with van der Waals surface area (Å²) in [5.41, 5.74) is 1.71. The number of rotatable bonds is 3. The van der Waals surface area contributed by atoms with Crippen molar-refractivity contribution >= 4 is 16.7 Å². The number of fused-ring (bicyclic) bond motifs is 6. The molecular formula is C28H39N3O. The van der Waals surface area contributed by atoms with Gasteiger partial charge < -0.3 is 0 Å². The van der Waals surface area contributed by atoms with Gasteiger partial charge in [-0.1, -0.05) is 27.2 Å². The smallest absolute Gasteiger partial charge is 0.157 e. The zero-order valence-electron chi connectivity index (χ0n) is 20.1. The Bertz CT molecular complexity index is 1030. The van der Waals surface area contributed by atoms with Crippen molar-refractivity contribution in [3.63, 3.8) is 0 Å². The summed E-state index contributed by atoms with van der Waals surface area (Å²) < 4.78 is 1.88. The van der Waals surface area contributed by atoms with Gasteiger partial charge in [0.15, 0.2) is 5.78 Å². The SMILES string of the molecule is CC1CCC2(C)C(CCC3C2CC[C@]2(C)C(C(=O)Cn4ncc5ccncc54)CCC32)C1. The van der Waals surface area contributed by atoms with Crippen LogP contribution in [0.1, 0.15) is 78.6 Å². The quantitative estimate of drug-likeness (QED) is 0.571. The molecule has 2 aromatic heterocycles.